The summed E-state index contributed by atoms with van der Waals surface area (Å²) < 4.78 is 13.5. The highest BCUT2D eigenvalue weighted by Crippen LogP contribution is 2.32. The van der Waals surface area contributed by atoms with Gasteiger partial charge in [0.25, 0.3) is 0 Å². The van der Waals surface area contributed by atoms with Crippen LogP contribution in [0.2, 0.25) is 5.02 Å². The average Bonchev–Trinajstić information content (AvgIpc) is 2.34. The predicted octanol–water partition coefficient (Wildman–Crippen LogP) is 4.32. The van der Waals surface area contributed by atoms with E-state index in [9.17, 15) is 9.50 Å². The van der Waals surface area contributed by atoms with Gasteiger partial charge in [-0.2, -0.15) is 0 Å². The smallest absolute Gasteiger partial charge is 0.138 e. The molecule has 0 saturated carbocycles. The summed E-state index contributed by atoms with van der Waals surface area (Å²) in [5.74, 6) is -0.445. The third kappa shape index (κ3) is 2.68. The van der Waals surface area contributed by atoms with Crippen molar-refractivity contribution >= 4 is 27.5 Å². The normalized spacial score (nSPS) is 12.5. The van der Waals surface area contributed by atoms with Gasteiger partial charge >= 0.3 is 0 Å². The first-order valence-corrected chi connectivity index (χ1v) is 6.14. The van der Waals surface area contributed by atoms with Gasteiger partial charge in [0.05, 0.1) is 4.47 Å². The van der Waals surface area contributed by atoms with Crippen LogP contribution in [0.5, 0.6) is 0 Å². The largest absolute Gasteiger partial charge is 0.384 e. The van der Waals surface area contributed by atoms with Crippen LogP contribution in [0.3, 0.4) is 0 Å². The van der Waals surface area contributed by atoms with Crippen LogP contribution in [0.4, 0.5) is 4.39 Å². The van der Waals surface area contributed by atoms with Gasteiger partial charge in [-0.15, -0.1) is 0 Å². The molecule has 0 amide bonds. The Labute approximate surface area is 112 Å². The van der Waals surface area contributed by atoms with Gasteiger partial charge in [0, 0.05) is 10.6 Å². The molecule has 4 heteroatoms. The second-order valence-corrected chi connectivity index (χ2v) is 4.86. The first-order valence-electron chi connectivity index (χ1n) is 4.97. The molecular formula is C13H9BrClFO. The van der Waals surface area contributed by atoms with Crippen molar-refractivity contribution < 1.29 is 9.50 Å². The number of halogens is 3. The summed E-state index contributed by atoms with van der Waals surface area (Å²) in [4.78, 5) is 0. The molecule has 1 nitrogen and oxygen atoms in total. The zero-order valence-corrected chi connectivity index (χ0v) is 11.0. The number of rotatable bonds is 2. The van der Waals surface area contributed by atoms with E-state index in [1.807, 2.05) is 18.2 Å². The van der Waals surface area contributed by atoms with Gasteiger partial charge in [0.2, 0.25) is 0 Å². The van der Waals surface area contributed by atoms with Crippen molar-refractivity contribution in [1.29, 1.82) is 0 Å². The van der Waals surface area contributed by atoms with Crippen LogP contribution in [0.15, 0.2) is 46.9 Å². The lowest BCUT2D eigenvalue weighted by Gasteiger charge is -2.13. The molecule has 0 saturated heterocycles. The van der Waals surface area contributed by atoms with Crippen LogP contribution in [0.1, 0.15) is 17.2 Å². The van der Waals surface area contributed by atoms with E-state index < -0.39 is 11.9 Å². The monoisotopic (exact) mass is 314 g/mol. The molecule has 0 radical (unpaired) electrons. The summed E-state index contributed by atoms with van der Waals surface area (Å²) in [6.07, 6.45) is -0.861. The van der Waals surface area contributed by atoms with Crippen molar-refractivity contribution in [3.8, 4) is 0 Å². The molecule has 0 fully saturated rings. The fourth-order valence-corrected chi connectivity index (χ4v) is 2.18. The van der Waals surface area contributed by atoms with E-state index in [1.165, 1.54) is 12.1 Å². The van der Waals surface area contributed by atoms with Crippen molar-refractivity contribution in [1.82, 2.24) is 0 Å². The van der Waals surface area contributed by atoms with Gasteiger partial charge in [0.1, 0.15) is 11.9 Å². The fraction of sp³-hybridized carbons (Fsp3) is 0.0769. The fourth-order valence-electron chi connectivity index (χ4n) is 1.56. The molecule has 0 spiro atoms. The molecule has 2 aromatic rings. The molecular weight excluding hydrogens is 306 g/mol. The second-order valence-electron chi connectivity index (χ2n) is 3.60. The van der Waals surface area contributed by atoms with Gasteiger partial charge in [0.15, 0.2) is 0 Å². The highest BCUT2D eigenvalue weighted by Gasteiger charge is 2.16. The Morgan fingerprint density at radius 1 is 1.18 bits per heavy atom. The van der Waals surface area contributed by atoms with Crippen molar-refractivity contribution in [3.05, 3.63) is 68.9 Å². The maximum Gasteiger partial charge on any atom is 0.138 e. The van der Waals surface area contributed by atoms with Crippen LogP contribution < -0.4 is 0 Å². The SMILES string of the molecule is OC(c1ccccc1)c1cc(Br)c(F)cc1Cl. The van der Waals surface area contributed by atoms with Crippen molar-refractivity contribution in [2.75, 3.05) is 0 Å². The summed E-state index contributed by atoms with van der Waals surface area (Å²) in [5, 5.41) is 10.4. The third-order valence-corrected chi connectivity index (χ3v) is 3.38. The van der Waals surface area contributed by atoms with Crippen LogP contribution in [0.25, 0.3) is 0 Å². The summed E-state index contributed by atoms with van der Waals surface area (Å²) >= 11 is 9.00. The third-order valence-electron chi connectivity index (χ3n) is 2.45. The average molecular weight is 316 g/mol. The lowest BCUT2D eigenvalue weighted by molar-refractivity contribution is 0.220. The maximum absolute atomic E-state index is 13.2. The molecule has 17 heavy (non-hydrogen) atoms. The molecule has 1 atom stereocenters. The number of hydrogen-bond donors (Lipinski definition) is 1. The Morgan fingerprint density at radius 3 is 2.47 bits per heavy atom. The highest BCUT2D eigenvalue weighted by atomic mass is 79.9. The first-order chi connectivity index (χ1) is 8.09. The molecule has 0 aromatic heterocycles. The van der Waals surface area contributed by atoms with Gasteiger partial charge < -0.3 is 5.11 Å². The lowest BCUT2D eigenvalue weighted by Crippen LogP contribution is -2.01. The Bertz CT molecular complexity index is 530. The maximum atomic E-state index is 13.2. The summed E-state index contributed by atoms with van der Waals surface area (Å²) in [5.41, 5.74) is 1.19. The minimum Gasteiger partial charge on any atom is -0.384 e. The Balaban J connectivity index is 2.44. The quantitative estimate of drug-likeness (QED) is 0.818. The van der Waals surface area contributed by atoms with Crippen LogP contribution in [-0.2, 0) is 0 Å². The van der Waals surface area contributed by atoms with E-state index in [-0.39, 0.29) is 9.50 Å². The van der Waals surface area contributed by atoms with Crippen LogP contribution in [-0.4, -0.2) is 5.11 Å². The van der Waals surface area contributed by atoms with E-state index in [2.05, 4.69) is 15.9 Å². The van der Waals surface area contributed by atoms with Crippen molar-refractivity contribution in [2.45, 2.75) is 6.10 Å². The number of hydrogen-bond acceptors (Lipinski definition) is 1. The van der Waals surface area contributed by atoms with Gasteiger partial charge in [-0.1, -0.05) is 41.9 Å². The Morgan fingerprint density at radius 2 is 1.82 bits per heavy atom. The van der Waals surface area contributed by atoms with E-state index >= 15 is 0 Å². The minimum absolute atomic E-state index is 0.210. The van der Waals surface area contributed by atoms with E-state index in [1.54, 1.807) is 12.1 Å². The number of aliphatic hydroxyl groups is 1. The topological polar surface area (TPSA) is 20.2 Å². The number of aliphatic hydroxyl groups excluding tert-OH is 1. The summed E-state index contributed by atoms with van der Waals surface area (Å²) in [6.45, 7) is 0. The van der Waals surface area contributed by atoms with E-state index in [0.29, 0.717) is 11.1 Å². The van der Waals surface area contributed by atoms with Gasteiger partial charge in [-0.05, 0) is 33.6 Å². The number of benzene rings is 2. The van der Waals surface area contributed by atoms with Crippen molar-refractivity contribution in [2.24, 2.45) is 0 Å². The first kappa shape index (κ1) is 12.6. The molecule has 1 N–H and O–H groups in total. The molecule has 0 heterocycles. The van der Waals surface area contributed by atoms with Crippen LogP contribution >= 0.6 is 27.5 Å². The Kier molecular flexibility index (Phi) is 3.82. The van der Waals surface area contributed by atoms with Crippen molar-refractivity contribution in [3.63, 3.8) is 0 Å². The lowest BCUT2D eigenvalue weighted by atomic mass is 10.0. The van der Waals surface area contributed by atoms with E-state index in [0.717, 1.165) is 0 Å². The molecule has 0 aliphatic heterocycles. The van der Waals surface area contributed by atoms with Gasteiger partial charge in [-0.25, -0.2) is 4.39 Å². The highest BCUT2D eigenvalue weighted by molar-refractivity contribution is 9.10. The molecule has 0 aliphatic rings. The summed E-state index contributed by atoms with van der Waals surface area (Å²) in [7, 11) is 0. The zero-order valence-electron chi connectivity index (χ0n) is 8.70. The molecule has 88 valence electrons. The standard InChI is InChI=1S/C13H9BrClFO/c14-10-6-9(11(15)7-12(10)16)13(17)8-4-2-1-3-5-8/h1-7,13,17H. The molecule has 0 aliphatic carbocycles. The summed E-state index contributed by atoms with van der Waals surface area (Å²) in [6, 6.07) is 11.8. The molecule has 2 aromatic carbocycles. The van der Waals surface area contributed by atoms with Gasteiger partial charge in [-0.3, -0.25) is 0 Å². The predicted molar refractivity (Wildman–Crippen MR) is 69.6 cm³/mol. The molecule has 0 bridgehead atoms. The Hall–Kier alpha value is -0.900. The zero-order chi connectivity index (χ0) is 12.4. The molecule has 2 rings (SSSR count). The van der Waals surface area contributed by atoms with E-state index in [4.69, 9.17) is 11.6 Å². The minimum atomic E-state index is -0.861. The second kappa shape index (κ2) is 5.17. The molecule has 1 unspecified atom stereocenters. The van der Waals surface area contributed by atoms with Crippen LogP contribution in [0, 0.1) is 5.82 Å².